The first-order valence-electron chi connectivity index (χ1n) is 7.80. The van der Waals surface area contributed by atoms with Crippen molar-refractivity contribution < 1.29 is 4.52 Å². The van der Waals surface area contributed by atoms with E-state index in [0.29, 0.717) is 0 Å². The Balaban J connectivity index is 3.04. The van der Waals surface area contributed by atoms with Gasteiger partial charge in [0, 0.05) is 10.8 Å². The van der Waals surface area contributed by atoms with Crippen LogP contribution in [0.2, 0.25) is 0 Å². The first-order chi connectivity index (χ1) is 8.95. The highest BCUT2D eigenvalue weighted by Gasteiger charge is 2.34. The zero-order valence-corrected chi connectivity index (χ0v) is 13.5. The highest BCUT2D eigenvalue weighted by molar-refractivity contribution is 5.09. The lowest BCUT2D eigenvalue weighted by molar-refractivity contribution is 0.266. The lowest BCUT2D eigenvalue weighted by Gasteiger charge is -2.24. The number of nitrogens with zero attached hydrogens (tertiary/aromatic N) is 2. The summed E-state index contributed by atoms with van der Waals surface area (Å²) in [5, 5.41) is 4.29. The Bertz CT molecular complexity index is 353. The summed E-state index contributed by atoms with van der Waals surface area (Å²) >= 11 is 0. The van der Waals surface area contributed by atoms with Crippen molar-refractivity contribution in [3.05, 3.63) is 11.7 Å². The predicted octanol–water partition coefficient (Wildman–Crippen LogP) is 5.01. The van der Waals surface area contributed by atoms with Gasteiger partial charge in [0.25, 0.3) is 0 Å². The van der Waals surface area contributed by atoms with E-state index in [1.807, 2.05) is 0 Å². The predicted molar refractivity (Wildman–Crippen MR) is 79.4 cm³/mol. The molecule has 110 valence electrons. The van der Waals surface area contributed by atoms with Crippen LogP contribution in [0, 0.1) is 0 Å². The molecule has 0 aliphatic rings. The summed E-state index contributed by atoms with van der Waals surface area (Å²) in [6, 6.07) is 0. The van der Waals surface area contributed by atoms with Gasteiger partial charge in [-0.25, -0.2) is 0 Å². The highest BCUT2D eigenvalue weighted by atomic mass is 16.5. The Morgan fingerprint density at radius 2 is 1.42 bits per heavy atom. The molecule has 1 rings (SSSR count). The van der Waals surface area contributed by atoms with Gasteiger partial charge in [0.2, 0.25) is 5.89 Å². The number of hydrogen-bond acceptors (Lipinski definition) is 3. The molecular weight excluding hydrogens is 236 g/mol. The SMILES string of the molecule is CCCC(C)(CC)c1noc(C(C)(CC)CCC)n1. The van der Waals surface area contributed by atoms with E-state index in [1.54, 1.807) is 0 Å². The van der Waals surface area contributed by atoms with Gasteiger partial charge in [-0.3, -0.25) is 0 Å². The molecule has 0 aromatic carbocycles. The maximum atomic E-state index is 5.61. The third kappa shape index (κ3) is 3.37. The minimum atomic E-state index is 0.0286. The Morgan fingerprint density at radius 1 is 0.895 bits per heavy atom. The van der Waals surface area contributed by atoms with Crippen LogP contribution in [0.3, 0.4) is 0 Å². The molecule has 0 fully saturated rings. The van der Waals surface area contributed by atoms with E-state index in [0.717, 1.165) is 50.2 Å². The molecule has 0 saturated carbocycles. The summed E-state index contributed by atoms with van der Waals surface area (Å²) in [7, 11) is 0. The molecule has 2 unspecified atom stereocenters. The molecule has 0 spiro atoms. The van der Waals surface area contributed by atoms with Crippen LogP contribution in [0.4, 0.5) is 0 Å². The van der Waals surface area contributed by atoms with E-state index in [-0.39, 0.29) is 10.8 Å². The minimum absolute atomic E-state index is 0.0286. The highest BCUT2D eigenvalue weighted by Crippen LogP contribution is 2.35. The molecule has 3 heteroatoms. The van der Waals surface area contributed by atoms with Crippen molar-refractivity contribution >= 4 is 0 Å². The summed E-state index contributed by atoms with van der Waals surface area (Å²) < 4.78 is 5.61. The fourth-order valence-corrected chi connectivity index (χ4v) is 2.70. The second-order valence-corrected chi connectivity index (χ2v) is 6.25. The van der Waals surface area contributed by atoms with Crippen molar-refractivity contribution in [3.63, 3.8) is 0 Å². The van der Waals surface area contributed by atoms with E-state index < -0.39 is 0 Å². The first-order valence-corrected chi connectivity index (χ1v) is 7.80. The van der Waals surface area contributed by atoms with Gasteiger partial charge in [-0.15, -0.1) is 0 Å². The summed E-state index contributed by atoms with van der Waals surface area (Å²) in [5.74, 6) is 1.71. The number of aromatic nitrogens is 2. The quantitative estimate of drug-likeness (QED) is 0.664. The largest absolute Gasteiger partial charge is 0.339 e. The molecule has 1 aromatic rings. The van der Waals surface area contributed by atoms with Crippen molar-refractivity contribution in [1.29, 1.82) is 0 Å². The number of rotatable bonds is 8. The van der Waals surface area contributed by atoms with Crippen molar-refractivity contribution in [2.45, 2.75) is 90.9 Å². The molecule has 1 heterocycles. The summed E-state index contributed by atoms with van der Waals surface area (Å²) in [5.41, 5.74) is 0.0816. The molecule has 0 radical (unpaired) electrons. The van der Waals surface area contributed by atoms with Gasteiger partial charge in [-0.2, -0.15) is 4.98 Å². The molecule has 1 aromatic heterocycles. The van der Waals surface area contributed by atoms with Gasteiger partial charge in [0.1, 0.15) is 0 Å². The molecule has 19 heavy (non-hydrogen) atoms. The van der Waals surface area contributed by atoms with Crippen LogP contribution in [-0.2, 0) is 10.8 Å². The standard InChI is InChI=1S/C16H30N2O/c1-7-11-15(5,9-3)13-17-14(19-18-13)16(6,10-4)12-8-2/h7-12H2,1-6H3. The third-order valence-corrected chi connectivity index (χ3v) is 4.65. The van der Waals surface area contributed by atoms with Crippen molar-refractivity contribution in [3.8, 4) is 0 Å². The average Bonchev–Trinajstić information content (AvgIpc) is 2.90. The molecule has 2 atom stereocenters. The molecule has 0 amide bonds. The van der Waals surface area contributed by atoms with Crippen LogP contribution in [0.5, 0.6) is 0 Å². The summed E-state index contributed by atoms with van der Waals surface area (Å²) in [4.78, 5) is 4.76. The zero-order valence-electron chi connectivity index (χ0n) is 13.5. The third-order valence-electron chi connectivity index (χ3n) is 4.65. The lowest BCUT2D eigenvalue weighted by Crippen LogP contribution is -2.24. The van der Waals surface area contributed by atoms with Gasteiger partial charge in [-0.05, 0) is 25.7 Å². The van der Waals surface area contributed by atoms with Crippen LogP contribution in [-0.4, -0.2) is 10.1 Å². The maximum Gasteiger partial charge on any atom is 0.232 e. The van der Waals surface area contributed by atoms with Crippen molar-refractivity contribution in [2.75, 3.05) is 0 Å². The van der Waals surface area contributed by atoms with E-state index in [1.165, 1.54) is 0 Å². The molecule has 0 N–H and O–H groups in total. The topological polar surface area (TPSA) is 38.9 Å². The molecular formula is C16H30N2O. The van der Waals surface area contributed by atoms with E-state index in [2.05, 4.69) is 46.7 Å². The van der Waals surface area contributed by atoms with Gasteiger partial charge in [-0.1, -0.05) is 59.5 Å². The van der Waals surface area contributed by atoms with Crippen molar-refractivity contribution in [2.24, 2.45) is 0 Å². The van der Waals surface area contributed by atoms with E-state index >= 15 is 0 Å². The Kier molecular flexibility index (Phi) is 5.57. The normalized spacial score (nSPS) is 18.0. The maximum absolute atomic E-state index is 5.61. The van der Waals surface area contributed by atoms with Crippen molar-refractivity contribution in [1.82, 2.24) is 10.1 Å². The molecule has 0 aliphatic carbocycles. The Labute approximate surface area is 118 Å². The molecule has 3 nitrogen and oxygen atoms in total. The number of hydrogen-bond donors (Lipinski definition) is 0. The Morgan fingerprint density at radius 3 is 1.89 bits per heavy atom. The molecule has 0 saturated heterocycles. The summed E-state index contributed by atoms with van der Waals surface area (Å²) in [6.07, 6.45) is 6.59. The second-order valence-electron chi connectivity index (χ2n) is 6.25. The van der Waals surface area contributed by atoms with Crippen LogP contribution in [0.15, 0.2) is 4.52 Å². The fourth-order valence-electron chi connectivity index (χ4n) is 2.70. The summed E-state index contributed by atoms with van der Waals surface area (Å²) in [6.45, 7) is 13.3. The lowest BCUT2D eigenvalue weighted by atomic mass is 9.81. The van der Waals surface area contributed by atoms with E-state index in [4.69, 9.17) is 9.51 Å². The van der Waals surface area contributed by atoms with Gasteiger partial charge >= 0.3 is 0 Å². The fraction of sp³-hybridized carbons (Fsp3) is 0.875. The Hall–Kier alpha value is -0.860. The first kappa shape index (κ1) is 16.2. The van der Waals surface area contributed by atoms with Gasteiger partial charge in [0.05, 0.1) is 0 Å². The van der Waals surface area contributed by atoms with Crippen LogP contribution >= 0.6 is 0 Å². The van der Waals surface area contributed by atoms with Gasteiger partial charge in [0.15, 0.2) is 5.82 Å². The smallest absolute Gasteiger partial charge is 0.232 e. The molecule has 0 bridgehead atoms. The van der Waals surface area contributed by atoms with E-state index in [9.17, 15) is 0 Å². The van der Waals surface area contributed by atoms with Crippen LogP contribution < -0.4 is 0 Å². The van der Waals surface area contributed by atoms with Crippen LogP contribution in [0.25, 0.3) is 0 Å². The van der Waals surface area contributed by atoms with Gasteiger partial charge < -0.3 is 4.52 Å². The zero-order chi connectivity index (χ0) is 14.5. The minimum Gasteiger partial charge on any atom is -0.339 e. The molecule has 0 aliphatic heterocycles. The van der Waals surface area contributed by atoms with Crippen LogP contribution in [0.1, 0.15) is 91.8 Å². The monoisotopic (exact) mass is 266 g/mol. The average molecular weight is 266 g/mol. The second kappa shape index (κ2) is 6.53.